The Labute approximate surface area is 158 Å². The van der Waals surface area contributed by atoms with E-state index in [1.807, 2.05) is 11.8 Å². The number of nitrogens with one attached hydrogen (secondary N) is 2. The Morgan fingerprint density at radius 2 is 2.18 bits per heavy atom. The van der Waals surface area contributed by atoms with E-state index in [9.17, 15) is 18.0 Å². The summed E-state index contributed by atoms with van der Waals surface area (Å²) in [7, 11) is 0. The van der Waals surface area contributed by atoms with Crippen LogP contribution in [0.1, 0.15) is 18.6 Å². The molecular formula is C18H18F3N5O2. The Kier molecular flexibility index (Phi) is 4.80. The summed E-state index contributed by atoms with van der Waals surface area (Å²) in [6.07, 6.45) is -4.43. The first-order chi connectivity index (χ1) is 13.4. The zero-order valence-electron chi connectivity index (χ0n) is 15.0. The van der Waals surface area contributed by atoms with Gasteiger partial charge in [-0.15, -0.1) is 0 Å². The Morgan fingerprint density at radius 1 is 1.36 bits per heavy atom. The average Bonchev–Trinajstić information content (AvgIpc) is 2.66. The van der Waals surface area contributed by atoms with Crippen molar-refractivity contribution in [2.45, 2.75) is 25.5 Å². The van der Waals surface area contributed by atoms with Gasteiger partial charge in [0, 0.05) is 49.6 Å². The molecule has 4 heterocycles. The molecule has 1 fully saturated rings. The zero-order chi connectivity index (χ0) is 19.8. The predicted octanol–water partition coefficient (Wildman–Crippen LogP) is 2.95. The lowest BCUT2D eigenvalue weighted by Crippen LogP contribution is -2.49. The minimum atomic E-state index is -2.96. The first-order valence-corrected chi connectivity index (χ1v) is 8.83. The highest BCUT2D eigenvalue weighted by Crippen LogP contribution is 2.40. The van der Waals surface area contributed by atoms with Crippen molar-refractivity contribution in [3.05, 3.63) is 35.8 Å². The van der Waals surface area contributed by atoms with E-state index >= 15 is 0 Å². The van der Waals surface area contributed by atoms with Crippen LogP contribution in [-0.4, -0.2) is 48.2 Å². The molecule has 1 saturated heterocycles. The fourth-order valence-electron chi connectivity index (χ4n) is 3.49. The summed E-state index contributed by atoms with van der Waals surface area (Å²) in [5, 5.41) is 5.60. The minimum absolute atomic E-state index is 0.0187. The Morgan fingerprint density at radius 3 is 2.93 bits per heavy atom. The third-order valence-corrected chi connectivity index (χ3v) is 4.70. The number of cyclic esters (lactones) is 1. The first kappa shape index (κ1) is 18.5. The van der Waals surface area contributed by atoms with E-state index in [4.69, 9.17) is 4.74 Å². The summed E-state index contributed by atoms with van der Waals surface area (Å²) in [4.78, 5) is 21.9. The highest BCUT2D eigenvalue weighted by atomic mass is 19.3. The molecule has 1 amide bonds. The van der Waals surface area contributed by atoms with Crippen LogP contribution >= 0.6 is 0 Å². The van der Waals surface area contributed by atoms with E-state index in [1.54, 1.807) is 0 Å². The number of carbonyl (C=O) groups is 1. The third kappa shape index (κ3) is 3.47. The molecule has 2 aliphatic rings. The molecule has 10 heteroatoms. The molecule has 2 aromatic heterocycles. The van der Waals surface area contributed by atoms with Crippen molar-refractivity contribution >= 4 is 17.7 Å². The Hall–Kier alpha value is -2.88. The number of nitrogens with zero attached hydrogens (tertiary/aromatic N) is 3. The van der Waals surface area contributed by atoms with Crippen molar-refractivity contribution in [2.75, 3.05) is 29.9 Å². The van der Waals surface area contributed by atoms with E-state index in [-0.39, 0.29) is 28.7 Å². The van der Waals surface area contributed by atoms with Gasteiger partial charge in [-0.1, -0.05) is 0 Å². The number of carbonyl (C=O) groups excluding carboxylic acids is 1. The van der Waals surface area contributed by atoms with E-state index in [0.29, 0.717) is 18.9 Å². The number of hydrogen-bond acceptors (Lipinski definition) is 6. The number of anilines is 2. The lowest BCUT2D eigenvalue weighted by molar-refractivity contribution is -0.0168. The predicted molar refractivity (Wildman–Crippen MR) is 96.0 cm³/mol. The number of fused-ring (bicyclic) bond motifs is 1. The van der Waals surface area contributed by atoms with Gasteiger partial charge in [0.2, 0.25) is 0 Å². The summed E-state index contributed by atoms with van der Waals surface area (Å²) in [6.45, 7) is 4.03. The number of hydrogen-bond donors (Lipinski definition) is 2. The molecule has 0 radical (unpaired) electrons. The van der Waals surface area contributed by atoms with E-state index in [1.165, 1.54) is 24.4 Å². The number of piperazine rings is 1. The first-order valence-electron chi connectivity index (χ1n) is 8.83. The quantitative estimate of drug-likeness (QED) is 0.835. The fraction of sp³-hybridized carbons (Fsp3) is 0.389. The molecule has 2 atom stereocenters. The van der Waals surface area contributed by atoms with Gasteiger partial charge in [0.05, 0.1) is 11.3 Å². The van der Waals surface area contributed by atoms with Crippen LogP contribution in [0, 0.1) is 5.82 Å². The van der Waals surface area contributed by atoms with Crippen LogP contribution in [0.3, 0.4) is 0 Å². The van der Waals surface area contributed by atoms with Crippen LogP contribution in [0.2, 0.25) is 0 Å². The molecule has 0 spiro atoms. The lowest BCUT2D eigenvalue weighted by Gasteiger charge is -2.33. The van der Waals surface area contributed by atoms with E-state index < -0.39 is 24.4 Å². The van der Waals surface area contributed by atoms with Crippen molar-refractivity contribution < 1.29 is 22.7 Å². The van der Waals surface area contributed by atoms with Gasteiger partial charge >= 0.3 is 6.09 Å². The maximum absolute atomic E-state index is 14.4. The normalized spacial score (nSPS) is 21.9. The lowest BCUT2D eigenvalue weighted by atomic mass is 9.99. The molecule has 0 aliphatic carbocycles. The number of pyridine rings is 2. The number of rotatable bonds is 3. The summed E-state index contributed by atoms with van der Waals surface area (Å²) in [6, 6.07) is 4.16. The number of aromatic nitrogens is 2. The van der Waals surface area contributed by atoms with Crippen LogP contribution in [0.4, 0.5) is 29.6 Å². The molecule has 1 unspecified atom stereocenters. The van der Waals surface area contributed by atoms with Crippen molar-refractivity contribution in [2.24, 2.45) is 0 Å². The average molecular weight is 393 g/mol. The Balaban J connectivity index is 1.80. The molecule has 7 nitrogen and oxygen atoms in total. The van der Waals surface area contributed by atoms with Crippen molar-refractivity contribution in [3.63, 3.8) is 0 Å². The van der Waals surface area contributed by atoms with Gasteiger partial charge in [-0.2, -0.15) is 0 Å². The van der Waals surface area contributed by atoms with Gasteiger partial charge < -0.3 is 15.0 Å². The van der Waals surface area contributed by atoms with Crippen LogP contribution in [0.15, 0.2) is 24.4 Å². The summed E-state index contributed by atoms with van der Waals surface area (Å²) in [5.41, 5.74) is 0.388. The standard InChI is InChI=1S/C18H18F3N5O2/c1-9-8-26(5-4-22-9)13-7-10(19)6-12(24-13)11-2-3-23-17-14(11)15(16(20)21)28-18(27)25-17/h2-3,6-7,9,15-16,22H,4-5,8H2,1H3,(H,23,25,27)/t9-,15?/m0/s1. The van der Waals surface area contributed by atoms with Crippen LogP contribution in [0.25, 0.3) is 11.3 Å². The van der Waals surface area contributed by atoms with E-state index in [0.717, 1.165) is 6.54 Å². The maximum Gasteiger partial charge on any atom is 0.413 e. The maximum atomic E-state index is 14.4. The second-order valence-electron chi connectivity index (χ2n) is 6.74. The molecule has 2 aromatic rings. The van der Waals surface area contributed by atoms with Gasteiger partial charge in [-0.05, 0) is 13.0 Å². The molecule has 2 N–H and O–H groups in total. The number of alkyl halides is 2. The molecule has 28 heavy (non-hydrogen) atoms. The van der Waals surface area contributed by atoms with Gasteiger partial charge in [0.15, 0.2) is 6.10 Å². The number of halogens is 3. The Bertz CT molecular complexity index is 911. The van der Waals surface area contributed by atoms with Crippen LogP contribution < -0.4 is 15.5 Å². The summed E-state index contributed by atoms with van der Waals surface area (Å²) < 4.78 is 46.2. The smallest absolute Gasteiger partial charge is 0.413 e. The summed E-state index contributed by atoms with van der Waals surface area (Å²) in [5.74, 6) is -0.156. The SMILES string of the molecule is C[C@H]1CN(c2cc(F)cc(-c3ccnc4c3C(C(F)F)OC(=O)N4)n2)CCN1. The molecular weight excluding hydrogens is 375 g/mol. The molecule has 4 rings (SSSR count). The summed E-state index contributed by atoms with van der Waals surface area (Å²) >= 11 is 0. The van der Waals surface area contributed by atoms with Gasteiger partial charge in [0.1, 0.15) is 17.5 Å². The topological polar surface area (TPSA) is 79.4 Å². The highest BCUT2D eigenvalue weighted by molar-refractivity contribution is 5.89. The fourth-order valence-corrected chi connectivity index (χ4v) is 3.49. The molecule has 0 aromatic carbocycles. The molecule has 0 saturated carbocycles. The molecule has 0 bridgehead atoms. The number of amides is 1. The van der Waals surface area contributed by atoms with Gasteiger partial charge in [-0.3, -0.25) is 5.32 Å². The van der Waals surface area contributed by atoms with E-state index in [2.05, 4.69) is 20.6 Å². The van der Waals surface area contributed by atoms with Crippen LogP contribution in [-0.2, 0) is 4.74 Å². The molecule has 148 valence electrons. The van der Waals surface area contributed by atoms with Crippen molar-refractivity contribution in [3.8, 4) is 11.3 Å². The second-order valence-corrected chi connectivity index (χ2v) is 6.74. The van der Waals surface area contributed by atoms with Gasteiger partial charge in [0.25, 0.3) is 6.43 Å². The number of ether oxygens (including phenoxy) is 1. The second kappa shape index (κ2) is 7.27. The highest BCUT2D eigenvalue weighted by Gasteiger charge is 2.37. The minimum Gasteiger partial charge on any atom is -0.435 e. The zero-order valence-corrected chi connectivity index (χ0v) is 15.0. The van der Waals surface area contributed by atoms with Gasteiger partial charge in [-0.25, -0.2) is 27.9 Å². The van der Waals surface area contributed by atoms with Crippen molar-refractivity contribution in [1.82, 2.24) is 15.3 Å². The monoisotopic (exact) mass is 393 g/mol. The van der Waals surface area contributed by atoms with Crippen LogP contribution in [0.5, 0.6) is 0 Å². The third-order valence-electron chi connectivity index (χ3n) is 4.70. The largest absolute Gasteiger partial charge is 0.435 e. The molecule has 2 aliphatic heterocycles. The van der Waals surface area contributed by atoms with Crippen molar-refractivity contribution in [1.29, 1.82) is 0 Å².